The van der Waals surface area contributed by atoms with Crippen LogP contribution in [0.3, 0.4) is 0 Å². The first-order chi connectivity index (χ1) is 21.4. The van der Waals surface area contributed by atoms with E-state index in [9.17, 15) is 9.90 Å². The molecule has 1 aliphatic rings. The number of hydrogen-bond donors (Lipinski definition) is 1. The van der Waals surface area contributed by atoms with E-state index < -0.39 is 23.2 Å². The van der Waals surface area contributed by atoms with Gasteiger partial charge in [0.1, 0.15) is 29.3 Å². The van der Waals surface area contributed by atoms with E-state index in [1.165, 1.54) is 18.2 Å². The monoisotopic (exact) mass is 615 g/mol. The number of benzene rings is 3. The van der Waals surface area contributed by atoms with Crippen molar-refractivity contribution in [1.29, 1.82) is 0 Å². The van der Waals surface area contributed by atoms with E-state index in [4.69, 9.17) is 25.5 Å². The summed E-state index contributed by atoms with van der Waals surface area (Å²) in [5.41, 5.74) is 2.78. The predicted octanol–water partition coefficient (Wildman–Crippen LogP) is 7.43. The first-order valence-electron chi connectivity index (χ1n) is 13.9. The van der Waals surface area contributed by atoms with E-state index in [-0.39, 0.29) is 31.2 Å². The summed E-state index contributed by atoms with van der Waals surface area (Å²) in [5.74, 6) is -1.96. The third-order valence-electron chi connectivity index (χ3n) is 7.78. The predicted molar refractivity (Wildman–Crippen MR) is 159 cm³/mol. The molecule has 44 heavy (non-hydrogen) atoms. The number of pyridine rings is 1. The normalized spacial score (nSPS) is 14.7. The smallest absolute Gasteiger partial charge is 0.338 e. The van der Waals surface area contributed by atoms with Crippen LogP contribution in [0.5, 0.6) is 5.88 Å². The molecule has 11 heteroatoms. The van der Waals surface area contributed by atoms with Crippen LogP contribution in [0.1, 0.15) is 33.7 Å². The molecular weight excluding hydrogens is 592 g/mol. The van der Waals surface area contributed by atoms with Gasteiger partial charge >= 0.3 is 5.97 Å². The summed E-state index contributed by atoms with van der Waals surface area (Å²) >= 11 is 6.23. The first-order valence-corrected chi connectivity index (χ1v) is 14.3. The highest BCUT2D eigenvalue weighted by Crippen LogP contribution is 2.30. The average Bonchev–Trinajstić information content (AvgIpc) is 3.62. The number of ether oxygens (including phenoxy) is 2. The Morgan fingerprint density at radius 3 is 2.68 bits per heavy atom. The van der Waals surface area contributed by atoms with Gasteiger partial charge in [0.15, 0.2) is 5.82 Å². The maximum Gasteiger partial charge on any atom is 0.338 e. The minimum atomic E-state index is -1.37. The van der Waals surface area contributed by atoms with E-state index in [1.54, 1.807) is 53.3 Å². The number of carboxylic acids is 1. The number of hydrogen-bond acceptors (Lipinski definition) is 6. The number of furan rings is 1. The largest absolute Gasteiger partial charge is 0.478 e. The summed E-state index contributed by atoms with van der Waals surface area (Å²) in [6.45, 7) is 1.08. The SMILES string of the molecule is O=C(O)c1ccc2nc(Cc3ccc(-c4cccc(OCc5ccc(Cl)c6ccoc56)n4)cc3F)n(C[C@@H]3CCO3)c2c1F. The van der Waals surface area contributed by atoms with Crippen LogP contribution in [0.15, 0.2) is 77.4 Å². The number of halogens is 3. The van der Waals surface area contributed by atoms with Crippen LogP contribution in [0.2, 0.25) is 5.02 Å². The number of carbonyl (C=O) groups is 1. The number of nitrogens with zero attached hydrogens (tertiary/aromatic N) is 3. The van der Waals surface area contributed by atoms with Crippen molar-refractivity contribution in [3.05, 3.63) is 112 Å². The van der Waals surface area contributed by atoms with Gasteiger partial charge in [-0.05, 0) is 48.4 Å². The van der Waals surface area contributed by atoms with Gasteiger partial charge in [0.25, 0.3) is 0 Å². The van der Waals surface area contributed by atoms with Crippen LogP contribution >= 0.6 is 11.6 Å². The van der Waals surface area contributed by atoms with Gasteiger partial charge in [-0.25, -0.2) is 23.5 Å². The number of aromatic carboxylic acids is 1. The zero-order valence-corrected chi connectivity index (χ0v) is 23.9. The van der Waals surface area contributed by atoms with Gasteiger partial charge in [-0.1, -0.05) is 35.9 Å². The standard InChI is InChI=1S/C33H24ClF2N3O5/c34-24-8-6-20(32-22(24)11-13-43-32)17-44-29-3-1-2-26(38-29)19-5-4-18(25(35)14-19)15-28-37-27-9-7-23(33(40)41)30(36)31(27)39(28)16-21-10-12-42-21/h1-9,11,13-14,21H,10,12,15-17H2,(H,40,41)/t21-/m0/s1. The lowest BCUT2D eigenvalue weighted by atomic mass is 10.1. The summed E-state index contributed by atoms with van der Waals surface area (Å²) in [4.78, 5) is 20.7. The van der Waals surface area contributed by atoms with Crippen LogP contribution in [-0.2, 0) is 24.3 Å². The summed E-state index contributed by atoms with van der Waals surface area (Å²) in [7, 11) is 0. The van der Waals surface area contributed by atoms with E-state index in [0.717, 1.165) is 17.4 Å². The second kappa shape index (κ2) is 11.4. The molecule has 4 heterocycles. The molecule has 0 saturated carbocycles. The highest BCUT2D eigenvalue weighted by Gasteiger charge is 2.26. The van der Waals surface area contributed by atoms with E-state index >= 15 is 8.78 Å². The molecule has 1 aliphatic heterocycles. The molecular formula is C33H24ClF2N3O5. The topological polar surface area (TPSA) is 99.6 Å². The molecule has 8 nitrogen and oxygen atoms in total. The Morgan fingerprint density at radius 2 is 1.91 bits per heavy atom. The number of carboxylic acid groups (broad SMARTS) is 1. The van der Waals surface area contributed by atoms with Gasteiger partial charge in [0, 0.05) is 35.6 Å². The molecule has 0 aliphatic carbocycles. The second-order valence-corrected chi connectivity index (χ2v) is 10.9. The molecule has 0 spiro atoms. The lowest BCUT2D eigenvalue weighted by molar-refractivity contribution is -0.0590. The Bertz CT molecular complexity index is 2050. The summed E-state index contributed by atoms with van der Waals surface area (Å²) in [5, 5.41) is 10.8. The quantitative estimate of drug-likeness (QED) is 0.180. The average molecular weight is 616 g/mol. The number of imidazole rings is 1. The van der Waals surface area contributed by atoms with Crippen LogP contribution in [0.25, 0.3) is 33.3 Å². The Kier molecular flexibility index (Phi) is 7.23. The first kappa shape index (κ1) is 28.0. The van der Waals surface area contributed by atoms with Gasteiger partial charge in [0.05, 0.1) is 40.7 Å². The summed E-state index contributed by atoms with van der Waals surface area (Å²) in [6.07, 6.45) is 2.26. The Morgan fingerprint density at radius 1 is 1.07 bits per heavy atom. The lowest BCUT2D eigenvalue weighted by Gasteiger charge is -2.27. The molecule has 6 aromatic rings. The van der Waals surface area contributed by atoms with Crippen molar-refractivity contribution in [2.75, 3.05) is 6.61 Å². The second-order valence-electron chi connectivity index (χ2n) is 10.5. The van der Waals surface area contributed by atoms with E-state index in [0.29, 0.717) is 51.3 Å². The Hall–Kier alpha value is -4.80. The maximum absolute atomic E-state index is 15.5. The van der Waals surface area contributed by atoms with Crippen molar-refractivity contribution in [3.8, 4) is 17.1 Å². The zero-order chi connectivity index (χ0) is 30.4. The summed E-state index contributed by atoms with van der Waals surface area (Å²) < 4.78 is 49.5. The van der Waals surface area contributed by atoms with Crippen LogP contribution < -0.4 is 4.74 Å². The molecule has 0 radical (unpaired) electrons. The maximum atomic E-state index is 15.5. The molecule has 1 fully saturated rings. The summed E-state index contributed by atoms with van der Waals surface area (Å²) in [6, 6.07) is 18.1. The Labute approximate surface area is 254 Å². The molecule has 7 rings (SSSR count). The molecule has 222 valence electrons. The van der Waals surface area contributed by atoms with Crippen molar-refractivity contribution in [3.63, 3.8) is 0 Å². The van der Waals surface area contributed by atoms with Gasteiger partial charge in [-0.2, -0.15) is 0 Å². The fraction of sp³-hybridized carbons (Fsp3) is 0.182. The molecule has 3 aromatic carbocycles. The van der Waals surface area contributed by atoms with E-state index in [2.05, 4.69) is 9.97 Å². The molecule has 0 unspecified atom stereocenters. The van der Waals surface area contributed by atoms with Gasteiger partial charge < -0.3 is 23.6 Å². The fourth-order valence-corrected chi connectivity index (χ4v) is 5.60. The van der Waals surface area contributed by atoms with Gasteiger partial charge in [0.2, 0.25) is 5.88 Å². The number of rotatable bonds is 9. The van der Waals surface area contributed by atoms with Crippen molar-refractivity contribution in [1.82, 2.24) is 14.5 Å². The van der Waals surface area contributed by atoms with Crippen LogP contribution in [0.4, 0.5) is 8.78 Å². The Balaban J connectivity index is 1.14. The molecule has 1 atom stereocenters. The fourth-order valence-electron chi connectivity index (χ4n) is 5.39. The minimum Gasteiger partial charge on any atom is -0.478 e. The number of aromatic nitrogens is 3. The number of fused-ring (bicyclic) bond motifs is 2. The van der Waals surface area contributed by atoms with Gasteiger partial charge in [-0.15, -0.1) is 0 Å². The molecule has 1 N–H and O–H groups in total. The van der Waals surface area contributed by atoms with Crippen molar-refractivity contribution in [2.45, 2.75) is 32.1 Å². The van der Waals surface area contributed by atoms with Crippen molar-refractivity contribution in [2.24, 2.45) is 0 Å². The molecule has 1 saturated heterocycles. The molecule has 0 bridgehead atoms. The van der Waals surface area contributed by atoms with Crippen molar-refractivity contribution >= 4 is 39.6 Å². The molecule has 0 amide bonds. The minimum absolute atomic E-state index is 0.0638. The van der Waals surface area contributed by atoms with Crippen molar-refractivity contribution < 1.29 is 32.6 Å². The van der Waals surface area contributed by atoms with Gasteiger partial charge in [-0.3, -0.25) is 0 Å². The third kappa shape index (κ3) is 5.16. The highest BCUT2D eigenvalue weighted by atomic mass is 35.5. The van der Waals surface area contributed by atoms with Crippen LogP contribution in [-0.4, -0.2) is 38.3 Å². The van der Waals surface area contributed by atoms with Crippen LogP contribution in [0, 0.1) is 11.6 Å². The lowest BCUT2D eigenvalue weighted by Crippen LogP contribution is -2.32. The zero-order valence-electron chi connectivity index (χ0n) is 23.1. The highest BCUT2D eigenvalue weighted by molar-refractivity contribution is 6.35. The third-order valence-corrected chi connectivity index (χ3v) is 8.11. The molecule has 3 aromatic heterocycles. The van der Waals surface area contributed by atoms with E-state index in [1.807, 2.05) is 6.07 Å².